The van der Waals surface area contributed by atoms with Gasteiger partial charge < -0.3 is 14.2 Å². The second-order valence-electron chi connectivity index (χ2n) is 9.32. The van der Waals surface area contributed by atoms with Gasteiger partial charge in [0.25, 0.3) is 6.01 Å². The summed E-state index contributed by atoms with van der Waals surface area (Å²) in [5.41, 5.74) is 4.03. The molecule has 4 heterocycles. The number of piperazine rings is 1. The van der Waals surface area contributed by atoms with Crippen LogP contribution in [0.25, 0.3) is 22.0 Å². The molecule has 0 N–H and O–H groups in total. The summed E-state index contributed by atoms with van der Waals surface area (Å²) in [4.78, 5) is 29.1. The Morgan fingerprint density at radius 3 is 2.53 bits per heavy atom. The maximum Gasteiger partial charge on any atom is 0.298 e. The van der Waals surface area contributed by atoms with E-state index in [-0.39, 0.29) is 5.92 Å². The number of amides is 1. The zero-order chi connectivity index (χ0) is 22.9. The van der Waals surface area contributed by atoms with Crippen molar-refractivity contribution in [3.05, 3.63) is 66.4 Å². The molecule has 0 unspecified atom stereocenters. The SMILES string of the molecule is O=C(C1CCN(c2nc3ccccc3o2)CC1)N1CCN(Cc2cccc3cccnc23)CC1. The van der Waals surface area contributed by atoms with Crippen molar-refractivity contribution < 1.29 is 9.21 Å². The molecule has 2 aliphatic rings. The Bertz CT molecular complexity index is 1260. The fraction of sp³-hybridized carbons (Fsp3) is 0.370. The zero-order valence-corrected chi connectivity index (χ0v) is 19.3. The van der Waals surface area contributed by atoms with Gasteiger partial charge in [-0.2, -0.15) is 4.98 Å². The molecule has 7 nitrogen and oxygen atoms in total. The molecule has 2 aromatic heterocycles. The average molecular weight is 456 g/mol. The molecular formula is C27H29N5O2. The predicted octanol–water partition coefficient (Wildman–Crippen LogP) is 3.94. The molecule has 2 fully saturated rings. The molecule has 2 aliphatic heterocycles. The third-order valence-corrected chi connectivity index (χ3v) is 7.19. The van der Waals surface area contributed by atoms with Crippen molar-refractivity contribution in [2.24, 2.45) is 5.92 Å². The van der Waals surface area contributed by atoms with Crippen LogP contribution >= 0.6 is 0 Å². The lowest BCUT2D eigenvalue weighted by molar-refractivity contribution is -0.138. The fourth-order valence-electron chi connectivity index (χ4n) is 5.23. The largest absolute Gasteiger partial charge is 0.423 e. The van der Waals surface area contributed by atoms with E-state index in [0.29, 0.717) is 11.9 Å². The Labute approximate surface area is 199 Å². The predicted molar refractivity (Wildman–Crippen MR) is 133 cm³/mol. The van der Waals surface area contributed by atoms with Gasteiger partial charge in [-0.05, 0) is 36.6 Å². The summed E-state index contributed by atoms with van der Waals surface area (Å²) >= 11 is 0. The van der Waals surface area contributed by atoms with Gasteiger partial charge in [0, 0.05) is 63.3 Å². The molecule has 174 valence electrons. The molecule has 4 aromatic rings. The molecule has 6 rings (SSSR count). The van der Waals surface area contributed by atoms with Gasteiger partial charge in [-0.25, -0.2) is 0 Å². The highest BCUT2D eigenvalue weighted by atomic mass is 16.4. The number of oxazole rings is 1. The summed E-state index contributed by atoms with van der Waals surface area (Å²) in [5, 5.41) is 1.18. The molecular weight excluding hydrogens is 426 g/mol. The van der Waals surface area contributed by atoms with E-state index in [1.807, 2.05) is 36.5 Å². The number of piperidine rings is 1. The van der Waals surface area contributed by atoms with E-state index in [9.17, 15) is 4.79 Å². The Hall–Kier alpha value is -3.45. The van der Waals surface area contributed by atoms with Crippen molar-refractivity contribution in [2.75, 3.05) is 44.2 Å². The molecule has 2 aromatic carbocycles. The minimum atomic E-state index is 0.0921. The van der Waals surface area contributed by atoms with E-state index in [2.05, 4.69) is 48.9 Å². The van der Waals surface area contributed by atoms with Gasteiger partial charge in [0.2, 0.25) is 5.91 Å². The number of rotatable bonds is 4. The summed E-state index contributed by atoms with van der Waals surface area (Å²) in [6.07, 6.45) is 3.55. The monoisotopic (exact) mass is 455 g/mol. The summed E-state index contributed by atoms with van der Waals surface area (Å²) in [6, 6.07) is 19.0. The molecule has 0 spiro atoms. The lowest BCUT2D eigenvalue weighted by atomic mass is 9.95. The van der Waals surface area contributed by atoms with Crippen LogP contribution in [-0.2, 0) is 11.3 Å². The third-order valence-electron chi connectivity index (χ3n) is 7.19. The van der Waals surface area contributed by atoms with Crippen molar-refractivity contribution >= 4 is 33.9 Å². The summed E-state index contributed by atoms with van der Waals surface area (Å²) in [6.45, 7) is 5.87. The van der Waals surface area contributed by atoms with Crippen LogP contribution in [0.4, 0.5) is 6.01 Å². The number of hydrogen-bond donors (Lipinski definition) is 0. The first kappa shape index (κ1) is 21.1. The molecule has 0 radical (unpaired) electrons. The molecule has 1 amide bonds. The van der Waals surface area contributed by atoms with Crippen molar-refractivity contribution in [2.45, 2.75) is 19.4 Å². The van der Waals surface area contributed by atoms with Crippen molar-refractivity contribution in [1.29, 1.82) is 0 Å². The van der Waals surface area contributed by atoms with Gasteiger partial charge >= 0.3 is 0 Å². The van der Waals surface area contributed by atoms with Gasteiger partial charge in [0.05, 0.1) is 5.52 Å². The van der Waals surface area contributed by atoms with E-state index < -0.39 is 0 Å². The normalized spacial score (nSPS) is 18.1. The second kappa shape index (κ2) is 9.06. The Morgan fingerprint density at radius 1 is 0.912 bits per heavy atom. The van der Waals surface area contributed by atoms with E-state index in [1.165, 1.54) is 10.9 Å². The maximum absolute atomic E-state index is 13.2. The minimum absolute atomic E-state index is 0.0921. The third kappa shape index (κ3) is 4.12. The van der Waals surface area contributed by atoms with Crippen LogP contribution < -0.4 is 4.90 Å². The topological polar surface area (TPSA) is 65.7 Å². The standard InChI is InChI=1S/C27H29N5O2/c33-26(21-10-13-32(14-11-21)27-29-23-8-1-2-9-24(23)34-27)31-17-15-30(16-18-31)19-22-6-3-5-20-7-4-12-28-25(20)22/h1-9,12,21H,10-11,13-19H2. The fourth-order valence-corrected chi connectivity index (χ4v) is 5.23. The number of hydrogen-bond acceptors (Lipinski definition) is 6. The Balaban J connectivity index is 1.02. The smallest absolute Gasteiger partial charge is 0.298 e. The number of anilines is 1. The maximum atomic E-state index is 13.2. The lowest BCUT2D eigenvalue weighted by Gasteiger charge is -2.38. The van der Waals surface area contributed by atoms with E-state index >= 15 is 0 Å². The van der Waals surface area contributed by atoms with Crippen LogP contribution in [0.2, 0.25) is 0 Å². The first-order valence-corrected chi connectivity index (χ1v) is 12.2. The summed E-state index contributed by atoms with van der Waals surface area (Å²) < 4.78 is 5.92. The number of carbonyl (C=O) groups excluding carboxylic acids is 1. The van der Waals surface area contributed by atoms with Crippen LogP contribution in [-0.4, -0.2) is 64.9 Å². The van der Waals surface area contributed by atoms with Crippen molar-refractivity contribution in [3.63, 3.8) is 0 Å². The number of fused-ring (bicyclic) bond motifs is 2. The molecule has 0 atom stereocenters. The van der Waals surface area contributed by atoms with E-state index in [4.69, 9.17) is 4.42 Å². The van der Waals surface area contributed by atoms with Crippen LogP contribution in [0.3, 0.4) is 0 Å². The number of aromatic nitrogens is 2. The van der Waals surface area contributed by atoms with Gasteiger partial charge in [0.15, 0.2) is 5.58 Å². The van der Waals surface area contributed by atoms with Crippen LogP contribution in [0, 0.1) is 5.92 Å². The number of pyridine rings is 1. The molecule has 34 heavy (non-hydrogen) atoms. The van der Waals surface area contributed by atoms with Gasteiger partial charge in [-0.15, -0.1) is 0 Å². The van der Waals surface area contributed by atoms with Crippen LogP contribution in [0.15, 0.2) is 65.2 Å². The number of carbonyl (C=O) groups is 1. The highest BCUT2D eigenvalue weighted by molar-refractivity contribution is 5.81. The van der Waals surface area contributed by atoms with Gasteiger partial charge in [0.1, 0.15) is 5.52 Å². The first-order valence-electron chi connectivity index (χ1n) is 12.2. The highest BCUT2D eigenvalue weighted by Gasteiger charge is 2.31. The van der Waals surface area contributed by atoms with Gasteiger partial charge in [-0.1, -0.05) is 36.4 Å². The molecule has 0 bridgehead atoms. The van der Waals surface area contributed by atoms with Crippen LogP contribution in [0.1, 0.15) is 18.4 Å². The molecule has 7 heteroatoms. The number of benzene rings is 2. The van der Waals surface area contributed by atoms with Crippen LogP contribution in [0.5, 0.6) is 0 Å². The number of nitrogens with zero attached hydrogens (tertiary/aromatic N) is 5. The van der Waals surface area contributed by atoms with E-state index in [0.717, 1.165) is 75.3 Å². The van der Waals surface area contributed by atoms with E-state index in [1.54, 1.807) is 0 Å². The van der Waals surface area contributed by atoms with Crippen molar-refractivity contribution in [1.82, 2.24) is 19.8 Å². The molecule has 0 aliphatic carbocycles. The van der Waals surface area contributed by atoms with Crippen molar-refractivity contribution in [3.8, 4) is 0 Å². The minimum Gasteiger partial charge on any atom is -0.423 e. The Morgan fingerprint density at radius 2 is 1.71 bits per heavy atom. The molecule has 2 saturated heterocycles. The molecule has 0 saturated carbocycles. The second-order valence-corrected chi connectivity index (χ2v) is 9.32. The first-order chi connectivity index (χ1) is 16.7. The number of para-hydroxylation sites is 3. The summed E-state index contributed by atoms with van der Waals surface area (Å²) in [5.74, 6) is 0.401. The van der Waals surface area contributed by atoms with Gasteiger partial charge in [-0.3, -0.25) is 14.7 Å². The highest BCUT2D eigenvalue weighted by Crippen LogP contribution is 2.27. The average Bonchev–Trinajstić information content (AvgIpc) is 3.34. The zero-order valence-electron chi connectivity index (χ0n) is 19.3. The summed E-state index contributed by atoms with van der Waals surface area (Å²) in [7, 11) is 0. The Kier molecular flexibility index (Phi) is 5.63. The lowest BCUT2D eigenvalue weighted by Crippen LogP contribution is -2.51. The quantitative estimate of drug-likeness (QED) is 0.465.